The lowest BCUT2D eigenvalue weighted by molar-refractivity contribution is -0.121. The first-order valence-corrected chi connectivity index (χ1v) is 6.23. The first kappa shape index (κ1) is 15.3. The molecule has 0 spiro atoms. The van der Waals surface area contributed by atoms with Gasteiger partial charge in [-0.3, -0.25) is 4.79 Å². The predicted molar refractivity (Wildman–Crippen MR) is 75.2 cm³/mol. The van der Waals surface area contributed by atoms with Crippen molar-refractivity contribution in [3.05, 3.63) is 22.7 Å². The highest BCUT2D eigenvalue weighted by atomic mass is 35.5. The van der Waals surface area contributed by atoms with Gasteiger partial charge in [0.2, 0.25) is 5.91 Å². The minimum atomic E-state index is -0.129. The van der Waals surface area contributed by atoms with Gasteiger partial charge in [0.15, 0.2) is 11.5 Å². The largest absolute Gasteiger partial charge is 0.493 e. The molecule has 0 aromatic heterocycles. The highest BCUT2D eigenvalue weighted by molar-refractivity contribution is 6.33. The number of amides is 1. The third-order valence-electron chi connectivity index (χ3n) is 2.37. The summed E-state index contributed by atoms with van der Waals surface area (Å²) in [6.45, 7) is 1.93. The van der Waals surface area contributed by atoms with Crippen molar-refractivity contribution in [2.24, 2.45) is 5.10 Å². The summed E-state index contributed by atoms with van der Waals surface area (Å²) >= 11 is 6.07. The molecule has 0 aliphatic carbocycles. The van der Waals surface area contributed by atoms with E-state index in [1.54, 1.807) is 12.1 Å². The monoisotopic (exact) mass is 284 g/mol. The Hall–Kier alpha value is -1.75. The van der Waals surface area contributed by atoms with E-state index >= 15 is 0 Å². The van der Waals surface area contributed by atoms with Gasteiger partial charge >= 0.3 is 0 Å². The fourth-order valence-corrected chi connectivity index (χ4v) is 1.63. The van der Waals surface area contributed by atoms with Gasteiger partial charge in [-0.25, -0.2) is 5.43 Å². The van der Waals surface area contributed by atoms with Crippen molar-refractivity contribution in [1.29, 1.82) is 0 Å². The number of carbonyl (C=O) groups excluding carboxylic acids is 1. The van der Waals surface area contributed by atoms with Crippen molar-refractivity contribution in [1.82, 2.24) is 5.43 Å². The molecule has 0 saturated carbocycles. The minimum absolute atomic E-state index is 0.129. The molecule has 0 unspecified atom stereocenters. The second-order valence-corrected chi connectivity index (χ2v) is 4.18. The summed E-state index contributed by atoms with van der Waals surface area (Å²) in [4.78, 5) is 11.2. The van der Waals surface area contributed by atoms with E-state index in [0.29, 0.717) is 28.5 Å². The number of methoxy groups -OCH3 is 2. The Balaban J connectivity index is 2.83. The highest BCUT2D eigenvalue weighted by Gasteiger charge is 2.08. The van der Waals surface area contributed by atoms with Crippen molar-refractivity contribution in [2.45, 2.75) is 19.8 Å². The molecular formula is C13H17ClN2O3. The van der Waals surface area contributed by atoms with Crippen LogP contribution in [-0.4, -0.2) is 26.3 Å². The van der Waals surface area contributed by atoms with E-state index in [9.17, 15) is 4.79 Å². The number of benzene rings is 1. The quantitative estimate of drug-likeness (QED) is 0.645. The van der Waals surface area contributed by atoms with Crippen LogP contribution in [0.2, 0.25) is 5.02 Å². The summed E-state index contributed by atoms with van der Waals surface area (Å²) in [5.74, 6) is 0.961. The van der Waals surface area contributed by atoms with Gasteiger partial charge in [-0.1, -0.05) is 18.5 Å². The third kappa shape index (κ3) is 4.44. The summed E-state index contributed by atoms with van der Waals surface area (Å²) in [5, 5.41) is 4.31. The van der Waals surface area contributed by atoms with E-state index in [0.717, 1.165) is 6.42 Å². The molecule has 0 aliphatic rings. The average molecular weight is 285 g/mol. The summed E-state index contributed by atoms with van der Waals surface area (Å²) in [6.07, 6.45) is 2.69. The number of nitrogens with one attached hydrogen (secondary N) is 1. The fraction of sp³-hybridized carbons (Fsp3) is 0.385. The third-order valence-corrected chi connectivity index (χ3v) is 2.70. The van der Waals surface area contributed by atoms with Crippen LogP contribution >= 0.6 is 11.6 Å². The van der Waals surface area contributed by atoms with E-state index in [1.165, 1.54) is 20.4 Å². The van der Waals surface area contributed by atoms with Crippen LogP contribution in [0.4, 0.5) is 0 Å². The zero-order chi connectivity index (χ0) is 14.3. The highest BCUT2D eigenvalue weighted by Crippen LogP contribution is 2.32. The first-order chi connectivity index (χ1) is 9.12. The van der Waals surface area contributed by atoms with Crippen LogP contribution < -0.4 is 14.9 Å². The van der Waals surface area contributed by atoms with Gasteiger partial charge < -0.3 is 9.47 Å². The maximum absolute atomic E-state index is 11.2. The van der Waals surface area contributed by atoms with Gasteiger partial charge in [0.1, 0.15) is 0 Å². The summed E-state index contributed by atoms with van der Waals surface area (Å²) in [7, 11) is 3.07. The standard InChI is InChI=1S/C13H17ClN2O3/c1-4-5-13(17)16-15-8-9-6-11(18-2)12(19-3)7-10(9)14/h6-8H,4-5H2,1-3H3,(H,16,17)/b15-8+. The van der Waals surface area contributed by atoms with E-state index in [1.807, 2.05) is 6.92 Å². The Morgan fingerprint density at radius 1 is 1.37 bits per heavy atom. The average Bonchev–Trinajstić information content (AvgIpc) is 2.40. The molecule has 104 valence electrons. The van der Waals surface area contributed by atoms with E-state index in [4.69, 9.17) is 21.1 Å². The lowest BCUT2D eigenvalue weighted by Gasteiger charge is -2.09. The topological polar surface area (TPSA) is 59.9 Å². The number of carbonyl (C=O) groups is 1. The summed E-state index contributed by atoms with van der Waals surface area (Å²) in [6, 6.07) is 3.33. The van der Waals surface area contributed by atoms with Gasteiger partial charge in [-0.05, 0) is 12.5 Å². The predicted octanol–water partition coefficient (Wildman–Crippen LogP) is 2.61. The molecule has 1 aromatic carbocycles. The van der Waals surface area contributed by atoms with Crippen LogP contribution in [0.3, 0.4) is 0 Å². The Labute approximate surface area is 117 Å². The molecule has 1 amide bonds. The molecule has 1 N–H and O–H groups in total. The Morgan fingerprint density at radius 2 is 2.00 bits per heavy atom. The second kappa shape index (κ2) is 7.63. The lowest BCUT2D eigenvalue weighted by atomic mass is 10.2. The molecule has 0 aliphatic heterocycles. The van der Waals surface area contributed by atoms with Crippen LogP contribution in [0.15, 0.2) is 17.2 Å². The van der Waals surface area contributed by atoms with Gasteiger partial charge in [-0.2, -0.15) is 5.10 Å². The van der Waals surface area contributed by atoms with E-state index < -0.39 is 0 Å². The Morgan fingerprint density at radius 3 is 2.58 bits per heavy atom. The van der Waals surface area contributed by atoms with E-state index in [2.05, 4.69) is 10.5 Å². The molecule has 0 fully saturated rings. The molecule has 0 atom stereocenters. The summed E-state index contributed by atoms with van der Waals surface area (Å²) in [5.41, 5.74) is 3.06. The zero-order valence-corrected chi connectivity index (χ0v) is 12.0. The number of hydrogen-bond donors (Lipinski definition) is 1. The van der Waals surface area contributed by atoms with Crippen molar-refractivity contribution in [2.75, 3.05) is 14.2 Å². The van der Waals surface area contributed by atoms with Gasteiger partial charge in [0.05, 0.1) is 25.5 Å². The first-order valence-electron chi connectivity index (χ1n) is 5.85. The molecule has 19 heavy (non-hydrogen) atoms. The normalized spacial score (nSPS) is 10.5. The van der Waals surface area contributed by atoms with E-state index in [-0.39, 0.29) is 5.91 Å². The smallest absolute Gasteiger partial charge is 0.240 e. The number of hydrazone groups is 1. The van der Waals surface area contributed by atoms with Crippen LogP contribution in [0.1, 0.15) is 25.3 Å². The molecule has 5 nitrogen and oxygen atoms in total. The Kier molecular flexibility index (Phi) is 6.15. The van der Waals surface area contributed by atoms with Gasteiger partial charge in [0.25, 0.3) is 0 Å². The molecule has 0 heterocycles. The lowest BCUT2D eigenvalue weighted by Crippen LogP contribution is -2.16. The number of nitrogens with zero attached hydrogens (tertiary/aromatic N) is 1. The summed E-state index contributed by atoms with van der Waals surface area (Å²) < 4.78 is 10.3. The van der Waals surface area contributed by atoms with Crippen LogP contribution in [0.25, 0.3) is 0 Å². The second-order valence-electron chi connectivity index (χ2n) is 3.77. The minimum Gasteiger partial charge on any atom is -0.493 e. The number of rotatable bonds is 6. The number of hydrogen-bond acceptors (Lipinski definition) is 4. The maximum atomic E-state index is 11.2. The molecule has 0 radical (unpaired) electrons. The van der Waals surface area contributed by atoms with Gasteiger partial charge in [0, 0.05) is 18.1 Å². The fourth-order valence-electron chi connectivity index (χ4n) is 1.43. The molecular weight excluding hydrogens is 268 g/mol. The Bertz CT molecular complexity index is 475. The zero-order valence-electron chi connectivity index (χ0n) is 11.2. The maximum Gasteiger partial charge on any atom is 0.240 e. The van der Waals surface area contributed by atoms with Crippen LogP contribution in [-0.2, 0) is 4.79 Å². The molecule has 6 heteroatoms. The molecule has 1 rings (SSSR count). The molecule has 1 aromatic rings. The van der Waals surface area contributed by atoms with Crippen LogP contribution in [0, 0.1) is 0 Å². The van der Waals surface area contributed by atoms with Gasteiger partial charge in [-0.15, -0.1) is 0 Å². The SMILES string of the molecule is CCCC(=O)N/N=C/c1cc(OC)c(OC)cc1Cl. The number of ether oxygens (including phenoxy) is 2. The van der Waals surface area contributed by atoms with Crippen molar-refractivity contribution < 1.29 is 14.3 Å². The van der Waals surface area contributed by atoms with Crippen molar-refractivity contribution in [3.63, 3.8) is 0 Å². The molecule has 0 bridgehead atoms. The van der Waals surface area contributed by atoms with Crippen molar-refractivity contribution in [3.8, 4) is 11.5 Å². The van der Waals surface area contributed by atoms with Crippen molar-refractivity contribution >= 4 is 23.7 Å². The van der Waals surface area contributed by atoms with Crippen LogP contribution in [0.5, 0.6) is 11.5 Å². The number of halogens is 1. The molecule has 0 saturated heterocycles.